The van der Waals surface area contributed by atoms with Crippen LogP contribution in [-0.4, -0.2) is 12.1 Å². The Labute approximate surface area is 105 Å². The van der Waals surface area contributed by atoms with Crippen LogP contribution in [0, 0.1) is 5.82 Å². The van der Waals surface area contributed by atoms with E-state index in [4.69, 9.17) is 9.47 Å². The number of aromatic nitrogens is 1. The molecule has 2 aromatic rings. The molecule has 1 aromatic carbocycles. The maximum absolute atomic E-state index is 13.7. The summed E-state index contributed by atoms with van der Waals surface area (Å²) < 4.78 is 24.1. The zero-order valence-corrected chi connectivity index (χ0v) is 10.1. The zero-order chi connectivity index (χ0) is 12.8. The first kappa shape index (κ1) is 12.5. The zero-order valence-electron chi connectivity index (χ0n) is 10.1. The maximum atomic E-state index is 13.7. The summed E-state index contributed by atoms with van der Waals surface area (Å²) in [5, 5.41) is 0. The average molecular weight is 247 g/mol. The second-order valence-electron chi connectivity index (χ2n) is 3.82. The number of methoxy groups -OCH3 is 1. The van der Waals surface area contributed by atoms with Crippen molar-refractivity contribution in [2.24, 2.45) is 0 Å². The van der Waals surface area contributed by atoms with Gasteiger partial charge >= 0.3 is 0 Å². The van der Waals surface area contributed by atoms with Gasteiger partial charge in [-0.3, -0.25) is 0 Å². The van der Waals surface area contributed by atoms with Crippen LogP contribution < -0.4 is 4.74 Å². The van der Waals surface area contributed by atoms with Gasteiger partial charge in [0.25, 0.3) is 0 Å². The number of nitrogens with zero attached hydrogens (tertiary/aromatic N) is 1. The molecule has 94 valence electrons. The van der Waals surface area contributed by atoms with E-state index in [1.165, 1.54) is 6.07 Å². The van der Waals surface area contributed by atoms with Crippen molar-refractivity contribution in [3.05, 3.63) is 59.5 Å². The largest absolute Gasteiger partial charge is 0.473 e. The molecule has 0 amide bonds. The Morgan fingerprint density at radius 3 is 2.72 bits per heavy atom. The standard InChI is InChI=1S/C14H14FNO2/c1-17-9-11-5-6-12(13(15)8-11)10-18-14-4-2-3-7-16-14/h2-8H,9-10H2,1H3. The minimum atomic E-state index is -0.291. The third kappa shape index (κ3) is 3.28. The van der Waals surface area contributed by atoms with Crippen LogP contribution >= 0.6 is 0 Å². The molecule has 2 rings (SSSR count). The quantitative estimate of drug-likeness (QED) is 0.814. The van der Waals surface area contributed by atoms with E-state index in [1.807, 2.05) is 12.1 Å². The van der Waals surface area contributed by atoms with Crippen LogP contribution in [0.15, 0.2) is 42.6 Å². The van der Waals surface area contributed by atoms with E-state index in [-0.39, 0.29) is 12.4 Å². The van der Waals surface area contributed by atoms with Crippen LogP contribution in [0.2, 0.25) is 0 Å². The SMILES string of the molecule is COCc1ccc(COc2ccccn2)c(F)c1. The van der Waals surface area contributed by atoms with Crippen molar-refractivity contribution < 1.29 is 13.9 Å². The fourth-order valence-corrected chi connectivity index (χ4v) is 1.55. The van der Waals surface area contributed by atoms with Gasteiger partial charge in [0, 0.05) is 24.9 Å². The molecule has 0 bridgehead atoms. The third-order valence-electron chi connectivity index (χ3n) is 2.44. The number of halogens is 1. The molecule has 18 heavy (non-hydrogen) atoms. The molecule has 1 aromatic heterocycles. The van der Waals surface area contributed by atoms with Crippen molar-refractivity contribution in [1.82, 2.24) is 4.98 Å². The van der Waals surface area contributed by atoms with Crippen molar-refractivity contribution in [2.75, 3.05) is 7.11 Å². The van der Waals surface area contributed by atoms with Gasteiger partial charge < -0.3 is 9.47 Å². The van der Waals surface area contributed by atoms with Crippen LogP contribution in [0.3, 0.4) is 0 Å². The Morgan fingerprint density at radius 1 is 1.17 bits per heavy atom. The highest BCUT2D eigenvalue weighted by Gasteiger charge is 2.05. The van der Waals surface area contributed by atoms with Crippen molar-refractivity contribution in [3.63, 3.8) is 0 Å². The average Bonchev–Trinajstić information content (AvgIpc) is 2.39. The molecule has 0 saturated carbocycles. The van der Waals surface area contributed by atoms with E-state index in [1.54, 1.807) is 31.5 Å². The number of hydrogen-bond donors (Lipinski definition) is 0. The van der Waals surface area contributed by atoms with Crippen LogP contribution in [0.1, 0.15) is 11.1 Å². The molecule has 0 atom stereocenters. The fourth-order valence-electron chi connectivity index (χ4n) is 1.55. The summed E-state index contributed by atoms with van der Waals surface area (Å²) in [6.45, 7) is 0.564. The van der Waals surface area contributed by atoms with Crippen LogP contribution in [-0.2, 0) is 18.0 Å². The van der Waals surface area contributed by atoms with Gasteiger partial charge in [-0.2, -0.15) is 0 Å². The molecule has 0 unspecified atom stereocenters. The van der Waals surface area contributed by atoms with E-state index in [0.717, 1.165) is 5.56 Å². The number of benzene rings is 1. The molecule has 0 saturated heterocycles. The Morgan fingerprint density at radius 2 is 2.06 bits per heavy atom. The van der Waals surface area contributed by atoms with E-state index in [0.29, 0.717) is 18.1 Å². The van der Waals surface area contributed by atoms with Crippen LogP contribution in [0.4, 0.5) is 4.39 Å². The predicted octanol–water partition coefficient (Wildman–Crippen LogP) is 2.95. The minimum Gasteiger partial charge on any atom is -0.473 e. The highest BCUT2D eigenvalue weighted by Crippen LogP contribution is 2.14. The predicted molar refractivity (Wildman–Crippen MR) is 65.7 cm³/mol. The Kier molecular flexibility index (Phi) is 4.25. The molecule has 0 radical (unpaired) electrons. The number of pyridine rings is 1. The first-order valence-corrected chi connectivity index (χ1v) is 5.59. The van der Waals surface area contributed by atoms with Crippen LogP contribution in [0.25, 0.3) is 0 Å². The molecule has 3 nitrogen and oxygen atoms in total. The summed E-state index contributed by atoms with van der Waals surface area (Å²) in [6.07, 6.45) is 1.63. The summed E-state index contributed by atoms with van der Waals surface area (Å²) in [5.74, 6) is 0.193. The maximum Gasteiger partial charge on any atom is 0.213 e. The van der Waals surface area contributed by atoms with Crippen LogP contribution in [0.5, 0.6) is 5.88 Å². The highest BCUT2D eigenvalue weighted by molar-refractivity contribution is 5.24. The molecule has 1 heterocycles. The summed E-state index contributed by atoms with van der Waals surface area (Å²) in [4.78, 5) is 4.01. The van der Waals surface area contributed by atoms with E-state index < -0.39 is 0 Å². The topological polar surface area (TPSA) is 31.4 Å². The Bertz CT molecular complexity index is 502. The lowest BCUT2D eigenvalue weighted by molar-refractivity contribution is 0.184. The summed E-state index contributed by atoms with van der Waals surface area (Å²) in [7, 11) is 1.58. The second kappa shape index (κ2) is 6.12. The van der Waals surface area contributed by atoms with E-state index in [2.05, 4.69) is 4.98 Å². The van der Waals surface area contributed by atoms with Gasteiger partial charge in [-0.1, -0.05) is 18.2 Å². The lowest BCUT2D eigenvalue weighted by Crippen LogP contribution is -2.00. The molecule has 0 fully saturated rings. The van der Waals surface area contributed by atoms with Gasteiger partial charge in [0.2, 0.25) is 5.88 Å². The molecule has 0 aliphatic rings. The van der Waals surface area contributed by atoms with Crippen molar-refractivity contribution >= 4 is 0 Å². The Hall–Kier alpha value is -1.94. The van der Waals surface area contributed by atoms with Gasteiger partial charge in [0.15, 0.2) is 0 Å². The Balaban J connectivity index is 2.01. The second-order valence-corrected chi connectivity index (χ2v) is 3.82. The normalized spacial score (nSPS) is 10.3. The monoisotopic (exact) mass is 247 g/mol. The molecule has 0 aliphatic carbocycles. The van der Waals surface area contributed by atoms with Gasteiger partial charge in [-0.15, -0.1) is 0 Å². The lowest BCUT2D eigenvalue weighted by atomic mass is 10.1. The van der Waals surface area contributed by atoms with Gasteiger partial charge in [-0.25, -0.2) is 9.37 Å². The highest BCUT2D eigenvalue weighted by atomic mass is 19.1. The smallest absolute Gasteiger partial charge is 0.213 e. The number of ether oxygens (including phenoxy) is 2. The van der Waals surface area contributed by atoms with Crippen molar-refractivity contribution in [1.29, 1.82) is 0 Å². The van der Waals surface area contributed by atoms with E-state index in [9.17, 15) is 4.39 Å². The summed E-state index contributed by atoms with van der Waals surface area (Å²) in [6, 6.07) is 10.3. The van der Waals surface area contributed by atoms with Gasteiger partial charge in [-0.05, 0) is 17.7 Å². The first-order valence-electron chi connectivity index (χ1n) is 5.59. The number of hydrogen-bond acceptors (Lipinski definition) is 3. The molecule has 0 aliphatic heterocycles. The molecular formula is C14H14FNO2. The summed E-state index contributed by atoms with van der Waals surface area (Å²) >= 11 is 0. The fraction of sp³-hybridized carbons (Fsp3) is 0.214. The van der Waals surface area contributed by atoms with Gasteiger partial charge in [0.05, 0.1) is 6.61 Å². The first-order chi connectivity index (χ1) is 8.79. The minimum absolute atomic E-state index is 0.163. The molecular weight excluding hydrogens is 233 g/mol. The van der Waals surface area contributed by atoms with Crippen molar-refractivity contribution in [3.8, 4) is 5.88 Å². The van der Waals surface area contributed by atoms with Crippen molar-refractivity contribution in [2.45, 2.75) is 13.2 Å². The summed E-state index contributed by atoms with van der Waals surface area (Å²) in [5.41, 5.74) is 1.30. The molecule has 4 heteroatoms. The molecule has 0 N–H and O–H groups in total. The number of rotatable bonds is 5. The van der Waals surface area contributed by atoms with E-state index >= 15 is 0 Å². The lowest BCUT2D eigenvalue weighted by Gasteiger charge is -2.07. The van der Waals surface area contributed by atoms with Gasteiger partial charge in [0.1, 0.15) is 12.4 Å². The molecule has 0 spiro atoms. The third-order valence-corrected chi connectivity index (χ3v) is 2.44.